The number of phenols is 1. The van der Waals surface area contributed by atoms with Crippen LogP contribution in [0.3, 0.4) is 0 Å². The summed E-state index contributed by atoms with van der Waals surface area (Å²) in [6, 6.07) is 12.3. The van der Waals surface area contributed by atoms with Gasteiger partial charge in [-0.2, -0.15) is 0 Å². The van der Waals surface area contributed by atoms with Crippen molar-refractivity contribution in [3.63, 3.8) is 0 Å². The molecule has 2 heterocycles. The van der Waals surface area contributed by atoms with E-state index in [0.29, 0.717) is 43.1 Å². The molecular weight excluding hydrogens is 434 g/mol. The van der Waals surface area contributed by atoms with Crippen molar-refractivity contribution in [1.29, 1.82) is 0 Å². The lowest BCUT2D eigenvalue weighted by Crippen LogP contribution is -2.41. The van der Waals surface area contributed by atoms with Gasteiger partial charge in [-0.25, -0.2) is 0 Å². The second-order valence-corrected chi connectivity index (χ2v) is 9.44. The maximum atomic E-state index is 12.6. The van der Waals surface area contributed by atoms with Gasteiger partial charge in [0.15, 0.2) is 11.5 Å². The predicted molar refractivity (Wildman–Crippen MR) is 128 cm³/mol. The minimum absolute atomic E-state index is 0.0578. The topological polar surface area (TPSA) is 100 Å². The Morgan fingerprint density at radius 1 is 0.971 bits per heavy atom. The number of rotatable bonds is 5. The molecule has 0 unspecified atom stereocenters. The van der Waals surface area contributed by atoms with Crippen molar-refractivity contribution < 1.29 is 24.2 Å². The van der Waals surface area contributed by atoms with E-state index in [1.165, 1.54) is 6.42 Å². The van der Waals surface area contributed by atoms with E-state index in [1.54, 1.807) is 24.3 Å². The first-order valence-corrected chi connectivity index (χ1v) is 12.1. The molecule has 0 bridgehead atoms. The number of piperidine rings is 1. The normalized spacial score (nSPS) is 19.6. The van der Waals surface area contributed by atoms with Crippen LogP contribution in [0.4, 0.5) is 11.4 Å². The predicted octanol–water partition coefficient (Wildman–Crippen LogP) is 4.11. The van der Waals surface area contributed by atoms with Crippen LogP contribution in [-0.4, -0.2) is 47.2 Å². The summed E-state index contributed by atoms with van der Waals surface area (Å²) in [4.78, 5) is 27.2. The number of benzene rings is 2. The van der Waals surface area contributed by atoms with Crippen LogP contribution in [0.15, 0.2) is 42.5 Å². The molecule has 2 aliphatic heterocycles. The number of anilines is 2. The largest absolute Gasteiger partial charge is 0.506 e. The minimum Gasteiger partial charge on any atom is -0.506 e. The highest BCUT2D eigenvalue weighted by Gasteiger charge is 2.42. The van der Waals surface area contributed by atoms with Gasteiger partial charge in [0.05, 0.1) is 12.2 Å². The highest BCUT2D eigenvalue weighted by molar-refractivity contribution is 5.94. The van der Waals surface area contributed by atoms with Gasteiger partial charge in [-0.1, -0.05) is 18.6 Å². The first kappa shape index (κ1) is 22.5. The lowest BCUT2D eigenvalue weighted by Gasteiger charge is -2.31. The van der Waals surface area contributed by atoms with Gasteiger partial charge in [0.1, 0.15) is 5.75 Å². The highest BCUT2D eigenvalue weighted by Crippen LogP contribution is 2.46. The molecule has 0 radical (unpaired) electrons. The monoisotopic (exact) mass is 465 g/mol. The fourth-order valence-corrected chi connectivity index (χ4v) is 5.04. The van der Waals surface area contributed by atoms with E-state index in [-0.39, 0.29) is 30.0 Å². The zero-order valence-corrected chi connectivity index (χ0v) is 19.2. The lowest BCUT2D eigenvalue weighted by atomic mass is 9.94. The van der Waals surface area contributed by atoms with Gasteiger partial charge in [0.25, 0.3) is 5.79 Å². The molecule has 2 aromatic carbocycles. The standard InChI is InChI=1S/C26H31N3O5/c30-21-7-3-2-6-20(21)28-25(32)18-10-14-29(15-11-18)17-24(31)27-19-8-9-22-23(16-19)34-26(33-22)12-4-1-5-13-26/h2-3,6-9,16,18,30H,1,4-5,10-15,17H2,(H,27,31)(H,28,32). The van der Waals surface area contributed by atoms with E-state index in [9.17, 15) is 14.7 Å². The highest BCUT2D eigenvalue weighted by atomic mass is 16.7. The van der Waals surface area contributed by atoms with Crippen LogP contribution < -0.4 is 20.1 Å². The number of aromatic hydroxyl groups is 1. The van der Waals surface area contributed by atoms with Crippen LogP contribution in [0.2, 0.25) is 0 Å². The first-order chi connectivity index (χ1) is 16.5. The fraction of sp³-hybridized carbons (Fsp3) is 0.462. The van der Waals surface area contributed by atoms with Gasteiger partial charge < -0.3 is 25.2 Å². The number of nitrogens with zero attached hydrogens (tertiary/aromatic N) is 1. The number of ether oxygens (including phenoxy) is 2. The third kappa shape index (κ3) is 4.97. The second kappa shape index (κ2) is 9.54. The second-order valence-electron chi connectivity index (χ2n) is 9.44. The van der Waals surface area contributed by atoms with Crippen LogP contribution in [0.5, 0.6) is 17.2 Å². The summed E-state index contributed by atoms with van der Waals surface area (Å²) >= 11 is 0. The minimum atomic E-state index is -0.529. The summed E-state index contributed by atoms with van der Waals surface area (Å²) in [7, 11) is 0. The summed E-state index contributed by atoms with van der Waals surface area (Å²) < 4.78 is 12.3. The first-order valence-electron chi connectivity index (χ1n) is 12.1. The molecule has 0 aromatic heterocycles. The van der Waals surface area contributed by atoms with Crippen LogP contribution >= 0.6 is 0 Å². The smallest absolute Gasteiger partial charge is 0.251 e. The Morgan fingerprint density at radius 2 is 1.71 bits per heavy atom. The van der Waals surface area contributed by atoms with Crippen molar-refractivity contribution in [1.82, 2.24) is 4.90 Å². The van der Waals surface area contributed by atoms with Crippen molar-refractivity contribution in [2.24, 2.45) is 5.92 Å². The molecule has 1 saturated carbocycles. The van der Waals surface area contributed by atoms with E-state index in [4.69, 9.17) is 9.47 Å². The Labute approximate surface area is 199 Å². The van der Waals surface area contributed by atoms with E-state index in [1.807, 2.05) is 18.2 Å². The Morgan fingerprint density at radius 3 is 2.47 bits per heavy atom. The Kier molecular flexibility index (Phi) is 6.32. The number of amides is 2. The molecule has 1 saturated heterocycles. The number of fused-ring (bicyclic) bond motifs is 1. The summed E-state index contributed by atoms with van der Waals surface area (Å²) in [6.45, 7) is 1.60. The molecule has 2 aromatic rings. The van der Waals surface area contributed by atoms with E-state index >= 15 is 0 Å². The van der Waals surface area contributed by atoms with Crippen LogP contribution in [0.25, 0.3) is 0 Å². The quantitative estimate of drug-likeness (QED) is 0.575. The SMILES string of the molecule is O=C(CN1CCC(C(=O)Nc2ccccc2O)CC1)Nc1ccc2c(c1)OC1(CCCCC1)O2. The molecule has 180 valence electrons. The third-order valence-corrected chi connectivity index (χ3v) is 6.92. The Balaban J connectivity index is 1.09. The molecular formula is C26H31N3O5. The molecule has 3 N–H and O–H groups in total. The third-order valence-electron chi connectivity index (χ3n) is 6.92. The number of nitrogens with one attached hydrogen (secondary N) is 2. The van der Waals surface area contributed by atoms with E-state index in [0.717, 1.165) is 31.4 Å². The molecule has 2 amide bonds. The maximum absolute atomic E-state index is 12.6. The number of hydrogen-bond acceptors (Lipinski definition) is 6. The molecule has 34 heavy (non-hydrogen) atoms. The molecule has 2 fully saturated rings. The molecule has 1 aliphatic carbocycles. The summed E-state index contributed by atoms with van der Waals surface area (Å²) in [5, 5.41) is 15.6. The zero-order valence-electron chi connectivity index (χ0n) is 19.2. The molecule has 0 atom stereocenters. The lowest BCUT2D eigenvalue weighted by molar-refractivity contribution is -0.121. The van der Waals surface area contributed by atoms with Gasteiger partial charge in [-0.05, 0) is 63.0 Å². The van der Waals surface area contributed by atoms with Gasteiger partial charge >= 0.3 is 0 Å². The molecule has 8 heteroatoms. The number of hydrogen-bond donors (Lipinski definition) is 3. The van der Waals surface area contributed by atoms with E-state index < -0.39 is 5.79 Å². The summed E-state index contributed by atoms with van der Waals surface area (Å²) in [6.07, 6.45) is 6.53. The van der Waals surface area contributed by atoms with E-state index in [2.05, 4.69) is 15.5 Å². The van der Waals surface area contributed by atoms with Crippen molar-refractivity contribution in [3.8, 4) is 17.2 Å². The van der Waals surface area contributed by atoms with Crippen molar-refractivity contribution in [2.45, 2.75) is 50.7 Å². The molecule has 8 nitrogen and oxygen atoms in total. The summed E-state index contributed by atoms with van der Waals surface area (Å²) in [5.74, 6) is 0.631. The molecule has 5 rings (SSSR count). The van der Waals surface area contributed by atoms with Gasteiger partial charge in [0.2, 0.25) is 11.8 Å². The number of carbonyl (C=O) groups excluding carboxylic acids is 2. The average Bonchev–Trinajstić information content (AvgIpc) is 3.17. The van der Waals surface area contributed by atoms with Crippen molar-refractivity contribution in [3.05, 3.63) is 42.5 Å². The summed E-state index contributed by atoms with van der Waals surface area (Å²) in [5.41, 5.74) is 1.12. The fourth-order valence-electron chi connectivity index (χ4n) is 5.04. The maximum Gasteiger partial charge on any atom is 0.251 e. The van der Waals surface area contributed by atoms with Crippen LogP contribution in [0, 0.1) is 5.92 Å². The average molecular weight is 466 g/mol. The van der Waals surface area contributed by atoms with Gasteiger partial charge in [-0.15, -0.1) is 0 Å². The number of likely N-dealkylation sites (tertiary alicyclic amines) is 1. The molecule has 3 aliphatic rings. The van der Waals surface area contributed by atoms with Gasteiger partial charge in [-0.3, -0.25) is 14.5 Å². The van der Waals surface area contributed by atoms with Crippen molar-refractivity contribution >= 4 is 23.2 Å². The number of phenolic OH excluding ortho intramolecular Hbond substituents is 1. The van der Waals surface area contributed by atoms with Crippen LogP contribution in [-0.2, 0) is 9.59 Å². The molecule has 1 spiro atoms. The number of para-hydroxylation sites is 2. The van der Waals surface area contributed by atoms with Gasteiger partial charge in [0, 0.05) is 30.5 Å². The Hall–Kier alpha value is -3.26. The van der Waals surface area contributed by atoms with Crippen molar-refractivity contribution in [2.75, 3.05) is 30.3 Å². The Bertz CT molecular complexity index is 1060. The van der Waals surface area contributed by atoms with Crippen LogP contribution in [0.1, 0.15) is 44.9 Å². The number of carbonyl (C=O) groups is 2. The zero-order chi connectivity index (χ0) is 23.5.